The number of fused-ring (bicyclic) bond motifs is 1. The molecule has 1 aromatic carbocycles. The van der Waals surface area contributed by atoms with E-state index >= 15 is 0 Å². The van der Waals surface area contributed by atoms with Crippen molar-refractivity contribution in [2.75, 3.05) is 6.54 Å². The van der Waals surface area contributed by atoms with Gasteiger partial charge in [0.15, 0.2) is 0 Å². The molecule has 1 unspecified atom stereocenters. The molecule has 0 aliphatic heterocycles. The van der Waals surface area contributed by atoms with E-state index in [1.165, 1.54) is 12.1 Å². The summed E-state index contributed by atoms with van der Waals surface area (Å²) in [5.74, 6) is -0.326. The Bertz CT molecular complexity index is 851. The van der Waals surface area contributed by atoms with Crippen molar-refractivity contribution in [3.05, 3.63) is 71.4 Å². The van der Waals surface area contributed by atoms with Gasteiger partial charge < -0.3 is 14.8 Å². The first kappa shape index (κ1) is 15.2. The van der Waals surface area contributed by atoms with Gasteiger partial charge in [-0.05, 0) is 29.8 Å². The molecule has 0 amide bonds. The van der Waals surface area contributed by atoms with E-state index < -0.39 is 6.10 Å². The molecule has 6 heteroatoms. The number of hydrogen-bond donors (Lipinski definition) is 2. The molecular weight excluding hydrogens is 295 g/mol. The molecule has 0 saturated carbocycles. The third-order valence-corrected chi connectivity index (χ3v) is 3.61. The van der Waals surface area contributed by atoms with Crippen LogP contribution in [0.3, 0.4) is 0 Å². The number of hydrogen-bond acceptors (Lipinski definition) is 4. The lowest BCUT2D eigenvalue weighted by molar-refractivity contribution is 0.174. The molecule has 0 radical (unpaired) electrons. The van der Waals surface area contributed by atoms with Crippen molar-refractivity contribution in [3.63, 3.8) is 0 Å². The van der Waals surface area contributed by atoms with Crippen LogP contribution in [0.4, 0.5) is 4.39 Å². The Labute approximate surface area is 132 Å². The minimum atomic E-state index is -0.718. The fraction of sp³-hybridized carbons (Fsp3) is 0.176. The predicted molar refractivity (Wildman–Crippen MR) is 83.0 cm³/mol. The van der Waals surface area contributed by atoms with Crippen molar-refractivity contribution in [2.45, 2.75) is 12.6 Å². The standard InChI is InChI=1S/C17H15FN4O/c18-14-4-2-13(3-5-14)16(23)10-20-8-15-9-21-17-6-1-12(7-19)11-22(15)17/h1-6,9,11,16,20,23H,8,10H2. The average Bonchev–Trinajstić information content (AvgIpc) is 2.97. The van der Waals surface area contributed by atoms with E-state index in [2.05, 4.69) is 16.4 Å². The van der Waals surface area contributed by atoms with Gasteiger partial charge in [-0.15, -0.1) is 0 Å². The zero-order valence-electron chi connectivity index (χ0n) is 12.3. The maximum atomic E-state index is 12.9. The van der Waals surface area contributed by atoms with E-state index in [0.29, 0.717) is 24.2 Å². The Hall–Kier alpha value is -2.75. The molecule has 3 rings (SSSR count). The van der Waals surface area contributed by atoms with Gasteiger partial charge in [0.05, 0.1) is 23.6 Å². The van der Waals surface area contributed by atoms with E-state index in [1.54, 1.807) is 36.7 Å². The molecule has 116 valence electrons. The van der Waals surface area contributed by atoms with E-state index in [4.69, 9.17) is 5.26 Å². The average molecular weight is 310 g/mol. The molecule has 1 atom stereocenters. The Morgan fingerprint density at radius 2 is 2.04 bits per heavy atom. The fourth-order valence-corrected chi connectivity index (χ4v) is 2.37. The second kappa shape index (κ2) is 6.57. The van der Waals surface area contributed by atoms with Crippen LogP contribution in [0.2, 0.25) is 0 Å². The smallest absolute Gasteiger partial charge is 0.137 e. The number of imidazole rings is 1. The summed E-state index contributed by atoms with van der Waals surface area (Å²) < 4.78 is 14.7. The van der Waals surface area contributed by atoms with Gasteiger partial charge >= 0.3 is 0 Å². The minimum Gasteiger partial charge on any atom is -0.387 e. The number of nitriles is 1. The van der Waals surface area contributed by atoms with Gasteiger partial charge in [0, 0.05) is 19.3 Å². The Morgan fingerprint density at radius 3 is 2.78 bits per heavy atom. The van der Waals surface area contributed by atoms with Crippen LogP contribution in [0.15, 0.2) is 48.8 Å². The van der Waals surface area contributed by atoms with Gasteiger partial charge in [-0.1, -0.05) is 12.1 Å². The monoisotopic (exact) mass is 310 g/mol. The van der Waals surface area contributed by atoms with Gasteiger partial charge in [-0.3, -0.25) is 0 Å². The first-order valence-corrected chi connectivity index (χ1v) is 7.17. The summed E-state index contributed by atoms with van der Waals surface area (Å²) in [6.45, 7) is 0.825. The van der Waals surface area contributed by atoms with Crippen molar-refractivity contribution in [1.29, 1.82) is 5.26 Å². The van der Waals surface area contributed by atoms with Crippen molar-refractivity contribution in [1.82, 2.24) is 14.7 Å². The molecule has 0 bridgehead atoms. The number of nitrogens with one attached hydrogen (secondary N) is 1. The number of halogens is 1. The van der Waals surface area contributed by atoms with Gasteiger partial charge in [0.25, 0.3) is 0 Å². The number of aliphatic hydroxyl groups excluding tert-OH is 1. The third kappa shape index (κ3) is 3.37. The molecule has 0 fully saturated rings. The highest BCUT2D eigenvalue weighted by Gasteiger charge is 2.08. The normalized spacial score (nSPS) is 12.2. The molecule has 0 spiro atoms. The summed E-state index contributed by atoms with van der Waals surface area (Å²) in [7, 11) is 0. The topological polar surface area (TPSA) is 73.3 Å². The van der Waals surface area contributed by atoms with E-state index in [1.807, 2.05) is 4.40 Å². The molecule has 5 nitrogen and oxygen atoms in total. The highest BCUT2D eigenvalue weighted by molar-refractivity contribution is 5.44. The van der Waals surface area contributed by atoms with Crippen molar-refractivity contribution >= 4 is 5.65 Å². The van der Waals surface area contributed by atoms with Gasteiger partial charge in [-0.25, -0.2) is 9.37 Å². The summed E-state index contributed by atoms with van der Waals surface area (Å²) in [4.78, 5) is 4.27. The lowest BCUT2D eigenvalue weighted by Gasteiger charge is -2.12. The third-order valence-electron chi connectivity index (χ3n) is 3.61. The first-order chi connectivity index (χ1) is 11.2. The number of pyridine rings is 1. The Morgan fingerprint density at radius 1 is 1.26 bits per heavy atom. The van der Waals surface area contributed by atoms with Crippen LogP contribution in [-0.4, -0.2) is 21.0 Å². The van der Waals surface area contributed by atoms with Crippen molar-refractivity contribution in [3.8, 4) is 6.07 Å². The number of benzene rings is 1. The Balaban J connectivity index is 1.64. The quantitative estimate of drug-likeness (QED) is 0.757. The largest absolute Gasteiger partial charge is 0.387 e. The summed E-state index contributed by atoms with van der Waals surface area (Å²) >= 11 is 0. The maximum absolute atomic E-state index is 12.9. The van der Waals surface area contributed by atoms with E-state index in [-0.39, 0.29) is 5.82 Å². The Kier molecular flexibility index (Phi) is 4.33. The molecule has 2 N–H and O–H groups in total. The van der Waals surface area contributed by atoms with Crippen LogP contribution in [0.5, 0.6) is 0 Å². The molecule has 2 aromatic heterocycles. The minimum absolute atomic E-state index is 0.326. The van der Waals surface area contributed by atoms with Crippen LogP contribution in [-0.2, 0) is 6.54 Å². The van der Waals surface area contributed by atoms with Crippen LogP contribution >= 0.6 is 0 Å². The van der Waals surface area contributed by atoms with Crippen LogP contribution in [0, 0.1) is 17.1 Å². The van der Waals surface area contributed by atoms with Crippen molar-refractivity contribution in [2.24, 2.45) is 0 Å². The van der Waals surface area contributed by atoms with E-state index in [0.717, 1.165) is 11.3 Å². The second-order valence-electron chi connectivity index (χ2n) is 5.21. The lowest BCUT2D eigenvalue weighted by atomic mass is 10.1. The zero-order chi connectivity index (χ0) is 16.2. The maximum Gasteiger partial charge on any atom is 0.137 e. The fourth-order valence-electron chi connectivity index (χ4n) is 2.37. The number of nitrogens with zero attached hydrogens (tertiary/aromatic N) is 3. The molecule has 2 heterocycles. The van der Waals surface area contributed by atoms with Gasteiger partial charge in [0.1, 0.15) is 17.5 Å². The molecule has 0 aliphatic rings. The van der Waals surface area contributed by atoms with Crippen LogP contribution < -0.4 is 5.32 Å². The molecule has 3 aromatic rings. The number of rotatable bonds is 5. The predicted octanol–water partition coefficient (Wildman–Crippen LogP) is 2.17. The van der Waals surface area contributed by atoms with E-state index in [9.17, 15) is 9.50 Å². The van der Waals surface area contributed by atoms with Crippen LogP contribution in [0.25, 0.3) is 5.65 Å². The molecule has 0 aliphatic carbocycles. The summed E-state index contributed by atoms with van der Waals surface area (Å²) in [6, 6.07) is 11.4. The second-order valence-corrected chi connectivity index (χ2v) is 5.21. The van der Waals surface area contributed by atoms with Crippen LogP contribution in [0.1, 0.15) is 22.9 Å². The highest BCUT2D eigenvalue weighted by Crippen LogP contribution is 2.13. The zero-order valence-corrected chi connectivity index (χ0v) is 12.3. The van der Waals surface area contributed by atoms with Gasteiger partial charge in [0.2, 0.25) is 0 Å². The summed E-state index contributed by atoms with van der Waals surface area (Å²) in [5.41, 5.74) is 2.87. The van der Waals surface area contributed by atoms with Gasteiger partial charge in [-0.2, -0.15) is 5.26 Å². The lowest BCUT2D eigenvalue weighted by Crippen LogP contribution is -2.21. The number of aromatic nitrogens is 2. The summed E-state index contributed by atoms with van der Waals surface area (Å²) in [5, 5.41) is 22.2. The number of aliphatic hydroxyl groups is 1. The highest BCUT2D eigenvalue weighted by atomic mass is 19.1. The molecule has 0 saturated heterocycles. The van der Waals surface area contributed by atoms with Crippen molar-refractivity contribution < 1.29 is 9.50 Å². The summed E-state index contributed by atoms with van der Waals surface area (Å²) in [6.07, 6.45) is 2.74. The molecule has 23 heavy (non-hydrogen) atoms. The SMILES string of the molecule is N#Cc1ccc2ncc(CNCC(O)c3ccc(F)cc3)n2c1. The first-order valence-electron chi connectivity index (χ1n) is 7.17. The molecular formula is C17H15FN4O.